The van der Waals surface area contributed by atoms with Crippen molar-refractivity contribution in [2.24, 2.45) is 0 Å². The Morgan fingerprint density at radius 2 is 1.82 bits per heavy atom. The van der Waals surface area contributed by atoms with Crippen LogP contribution in [0.15, 0.2) is 58.4 Å². The number of hydrogen-bond acceptors (Lipinski definition) is 6. The number of nitrogens with zero attached hydrogens (tertiary/aromatic N) is 4. The molecule has 2 aliphatic rings. The van der Waals surface area contributed by atoms with Crippen molar-refractivity contribution in [2.75, 3.05) is 18.0 Å². The molecule has 33 heavy (non-hydrogen) atoms. The minimum atomic E-state index is -0.176. The Labute approximate surface area is 201 Å². The number of amides is 1. The van der Waals surface area contributed by atoms with E-state index in [4.69, 9.17) is 17.2 Å². The highest BCUT2D eigenvalue weighted by Gasteiger charge is 2.33. The number of aryl methyl sites for hydroxylation is 1. The summed E-state index contributed by atoms with van der Waals surface area (Å²) in [6.07, 6.45) is 6.70. The van der Waals surface area contributed by atoms with Crippen LogP contribution in [0.25, 0.3) is 11.7 Å². The van der Waals surface area contributed by atoms with E-state index in [1.54, 1.807) is 17.2 Å². The molecule has 2 saturated heterocycles. The second-order valence-electron chi connectivity index (χ2n) is 8.38. The Hall–Kier alpha value is -2.97. The third kappa shape index (κ3) is 4.32. The predicted molar refractivity (Wildman–Crippen MR) is 137 cm³/mol. The van der Waals surface area contributed by atoms with E-state index < -0.39 is 0 Å². The van der Waals surface area contributed by atoms with Crippen LogP contribution in [0.5, 0.6) is 0 Å². The molecular weight excluding hydrogens is 452 g/mol. The van der Waals surface area contributed by atoms with Crippen molar-refractivity contribution < 1.29 is 4.79 Å². The molecule has 0 N–H and O–H groups in total. The van der Waals surface area contributed by atoms with Crippen LogP contribution in [-0.4, -0.2) is 37.6 Å². The van der Waals surface area contributed by atoms with Crippen molar-refractivity contribution >= 4 is 51.7 Å². The fourth-order valence-electron chi connectivity index (χ4n) is 4.21. The van der Waals surface area contributed by atoms with Crippen molar-refractivity contribution in [3.8, 4) is 0 Å². The summed E-state index contributed by atoms with van der Waals surface area (Å²) in [6, 6.07) is 13.6. The van der Waals surface area contributed by atoms with Crippen molar-refractivity contribution in [1.29, 1.82) is 0 Å². The number of rotatable bonds is 4. The average molecular weight is 477 g/mol. The van der Waals surface area contributed by atoms with Gasteiger partial charge in [-0.2, -0.15) is 0 Å². The molecule has 2 aliphatic heterocycles. The first kappa shape index (κ1) is 21.9. The lowest BCUT2D eigenvalue weighted by atomic mass is 10.1. The lowest BCUT2D eigenvalue weighted by Crippen LogP contribution is -2.33. The summed E-state index contributed by atoms with van der Waals surface area (Å²) >= 11 is 6.76. The van der Waals surface area contributed by atoms with Crippen molar-refractivity contribution in [1.82, 2.24) is 14.3 Å². The molecule has 4 heterocycles. The van der Waals surface area contributed by atoms with Gasteiger partial charge >= 0.3 is 0 Å². The maximum atomic E-state index is 13.5. The molecule has 168 valence electrons. The smallest absolute Gasteiger partial charge is 0.267 e. The molecule has 0 saturated carbocycles. The van der Waals surface area contributed by atoms with Crippen molar-refractivity contribution in [3.63, 3.8) is 0 Å². The number of thiocarbonyl (C=S) groups is 1. The topological polar surface area (TPSA) is 57.9 Å². The first-order chi connectivity index (χ1) is 16.0. The first-order valence-corrected chi connectivity index (χ1v) is 12.3. The molecule has 0 atom stereocenters. The van der Waals surface area contributed by atoms with Gasteiger partial charge < -0.3 is 4.90 Å². The Bertz CT molecular complexity index is 1320. The van der Waals surface area contributed by atoms with Gasteiger partial charge in [-0.15, -0.1) is 0 Å². The fourth-order valence-corrected chi connectivity index (χ4v) is 5.44. The van der Waals surface area contributed by atoms with Crippen LogP contribution in [-0.2, 0) is 11.3 Å². The molecule has 0 aliphatic carbocycles. The Kier molecular flexibility index (Phi) is 6.03. The van der Waals surface area contributed by atoms with Gasteiger partial charge in [0.15, 0.2) is 0 Å². The van der Waals surface area contributed by atoms with Gasteiger partial charge in [-0.25, -0.2) is 4.98 Å². The van der Waals surface area contributed by atoms with Gasteiger partial charge in [-0.1, -0.05) is 59.9 Å². The number of carbonyl (C=O) groups is 1. The second-order valence-corrected chi connectivity index (χ2v) is 10.1. The maximum absolute atomic E-state index is 13.5. The largest absolute Gasteiger partial charge is 0.356 e. The van der Waals surface area contributed by atoms with Crippen molar-refractivity contribution in [3.05, 3.63) is 80.6 Å². The number of pyridine rings is 1. The van der Waals surface area contributed by atoms with Crippen LogP contribution in [0.1, 0.15) is 36.0 Å². The van der Waals surface area contributed by atoms with Gasteiger partial charge in [0, 0.05) is 19.3 Å². The number of hydrogen-bond donors (Lipinski definition) is 0. The standard InChI is InChI=1S/C25H24N4O2S2/c1-17-8-10-18(11-9-17)16-29-24(31)20(33-25(29)32)15-19-22(27-12-4-2-5-13-27)26-21-7-3-6-14-28(21)23(19)30/h3,6-11,14-15H,2,4-5,12-13,16H2,1H3/b20-15+. The Balaban J connectivity index is 1.54. The van der Waals surface area contributed by atoms with Gasteiger partial charge in [0.2, 0.25) is 0 Å². The molecule has 1 amide bonds. The van der Waals surface area contributed by atoms with Crippen LogP contribution >= 0.6 is 24.0 Å². The fraction of sp³-hybridized carbons (Fsp3) is 0.280. The summed E-state index contributed by atoms with van der Waals surface area (Å²) in [7, 11) is 0. The quantitative estimate of drug-likeness (QED) is 0.411. The number of piperidine rings is 1. The van der Waals surface area contributed by atoms with E-state index in [-0.39, 0.29) is 11.5 Å². The predicted octanol–water partition coefficient (Wildman–Crippen LogP) is 4.39. The summed E-state index contributed by atoms with van der Waals surface area (Å²) in [6.45, 7) is 4.15. The highest BCUT2D eigenvalue weighted by molar-refractivity contribution is 8.26. The highest BCUT2D eigenvalue weighted by atomic mass is 32.2. The third-order valence-electron chi connectivity index (χ3n) is 6.01. The molecule has 2 aromatic heterocycles. The molecule has 0 spiro atoms. The SMILES string of the molecule is Cc1ccc(CN2C(=O)/C(=C\c3c(N4CCCCC4)nc4ccccn4c3=O)SC2=S)cc1. The zero-order valence-electron chi connectivity index (χ0n) is 18.4. The molecule has 3 aromatic rings. The molecule has 0 unspecified atom stereocenters. The number of carbonyl (C=O) groups excluding carboxylic acids is 1. The van der Waals surface area contributed by atoms with Gasteiger partial charge in [-0.05, 0) is 50.0 Å². The van der Waals surface area contributed by atoms with E-state index in [2.05, 4.69) is 4.90 Å². The number of thioether (sulfide) groups is 1. The molecule has 6 nitrogen and oxygen atoms in total. The van der Waals surface area contributed by atoms with Crippen LogP contribution in [0.4, 0.5) is 5.82 Å². The monoisotopic (exact) mass is 476 g/mol. The number of benzene rings is 1. The summed E-state index contributed by atoms with van der Waals surface area (Å²) < 4.78 is 2.03. The lowest BCUT2D eigenvalue weighted by molar-refractivity contribution is -0.122. The summed E-state index contributed by atoms with van der Waals surface area (Å²) in [5, 5.41) is 0. The molecule has 1 aromatic carbocycles. The van der Waals surface area contributed by atoms with Crippen molar-refractivity contribution in [2.45, 2.75) is 32.7 Å². The van der Waals surface area contributed by atoms with Crippen LogP contribution in [0.2, 0.25) is 0 Å². The molecule has 8 heteroatoms. The lowest BCUT2D eigenvalue weighted by Gasteiger charge is -2.29. The van der Waals surface area contributed by atoms with Crippen LogP contribution in [0.3, 0.4) is 0 Å². The average Bonchev–Trinajstić information content (AvgIpc) is 3.10. The van der Waals surface area contributed by atoms with Gasteiger partial charge in [0.25, 0.3) is 11.5 Å². The molecular formula is C25H24N4O2S2. The molecule has 0 radical (unpaired) electrons. The minimum Gasteiger partial charge on any atom is -0.356 e. The van der Waals surface area contributed by atoms with Gasteiger partial charge in [-0.3, -0.25) is 18.9 Å². The number of aromatic nitrogens is 2. The summed E-state index contributed by atoms with van der Waals surface area (Å²) in [5.41, 5.74) is 3.05. The van der Waals surface area contributed by atoms with E-state index in [1.807, 2.05) is 49.4 Å². The Morgan fingerprint density at radius 1 is 1.06 bits per heavy atom. The molecule has 0 bridgehead atoms. The van der Waals surface area contributed by atoms with E-state index >= 15 is 0 Å². The minimum absolute atomic E-state index is 0.173. The van der Waals surface area contributed by atoms with Crippen LogP contribution < -0.4 is 10.5 Å². The Morgan fingerprint density at radius 3 is 2.58 bits per heavy atom. The molecule has 5 rings (SSSR count). The first-order valence-electron chi connectivity index (χ1n) is 11.1. The third-order valence-corrected chi connectivity index (χ3v) is 7.39. The van der Waals surface area contributed by atoms with Gasteiger partial charge in [0.05, 0.1) is 17.0 Å². The number of fused-ring (bicyclic) bond motifs is 1. The molecule has 2 fully saturated rings. The second kappa shape index (κ2) is 9.11. The van der Waals surface area contributed by atoms with Gasteiger partial charge in [0.1, 0.15) is 15.8 Å². The normalized spacial score (nSPS) is 18.0. The number of anilines is 1. The summed E-state index contributed by atoms with van der Waals surface area (Å²) in [4.78, 5) is 35.8. The van der Waals surface area contributed by atoms with E-state index in [0.717, 1.165) is 31.5 Å². The zero-order chi connectivity index (χ0) is 22.9. The van der Waals surface area contributed by atoms with E-state index in [1.165, 1.54) is 28.1 Å². The highest BCUT2D eigenvalue weighted by Crippen LogP contribution is 2.34. The summed E-state index contributed by atoms with van der Waals surface area (Å²) in [5.74, 6) is 0.474. The van der Waals surface area contributed by atoms with E-state index in [9.17, 15) is 9.59 Å². The van der Waals surface area contributed by atoms with E-state index in [0.29, 0.717) is 32.8 Å². The van der Waals surface area contributed by atoms with Crippen LogP contribution in [0, 0.1) is 6.92 Å². The maximum Gasteiger partial charge on any atom is 0.267 e. The zero-order valence-corrected chi connectivity index (χ0v) is 20.0.